The third-order valence-corrected chi connectivity index (χ3v) is 2.83. The van der Waals surface area contributed by atoms with E-state index < -0.39 is 0 Å². The fraction of sp³-hybridized carbons (Fsp3) is 0.889. The largest absolute Gasteiger partial charge is 0.376 e. The Bertz CT molecular complexity index is 211. The molecule has 2 aliphatic rings. The molecular formula is C9H17ClN2O2. The summed E-state index contributed by atoms with van der Waals surface area (Å²) in [5.74, 6) is 0.165. The standard InChI is InChI=1S/C9H16N2O2.ClH/c1-11(2)9(12)7-5-8-6(10-7)3-4-13-8;/h6-8,10H,3-5H2,1-2H3;1H. The van der Waals surface area contributed by atoms with Gasteiger partial charge in [-0.25, -0.2) is 0 Å². The topological polar surface area (TPSA) is 41.6 Å². The lowest BCUT2D eigenvalue weighted by Crippen LogP contribution is -2.42. The average molecular weight is 221 g/mol. The maximum absolute atomic E-state index is 11.6. The van der Waals surface area contributed by atoms with Crippen LogP contribution in [0.4, 0.5) is 0 Å². The summed E-state index contributed by atoms with van der Waals surface area (Å²) in [6.07, 6.45) is 2.15. The summed E-state index contributed by atoms with van der Waals surface area (Å²) in [5.41, 5.74) is 0. The molecule has 0 saturated carbocycles. The Morgan fingerprint density at radius 3 is 2.79 bits per heavy atom. The van der Waals surface area contributed by atoms with Crippen molar-refractivity contribution >= 4 is 18.3 Å². The quantitative estimate of drug-likeness (QED) is 0.677. The Balaban J connectivity index is 0.000000980. The second-order valence-electron chi connectivity index (χ2n) is 3.99. The van der Waals surface area contributed by atoms with Crippen molar-refractivity contribution < 1.29 is 9.53 Å². The molecule has 2 aliphatic heterocycles. The SMILES string of the molecule is CN(C)C(=O)C1CC2OCCC2N1.Cl. The molecule has 0 aromatic carbocycles. The van der Waals surface area contributed by atoms with Crippen LogP contribution in [0.1, 0.15) is 12.8 Å². The third-order valence-electron chi connectivity index (χ3n) is 2.83. The van der Waals surface area contributed by atoms with Gasteiger partial charge in [0.2, 0.25) is 5.91 Å². The first-order chi connectivity index (χ1) is 6.18. The van der Waals surface area contributed by atoms with Gasteiger partial charge in [0.05, 0.1) is 12.1 Å². The highest BCUT2D eigenvalue weighted by Crippen LogP contribution is 2.25. The van der Waals surface area contributed by atoms with E-state index in [1.54, 1.807) is 19.0 Å². The summed E-state index contributed by atoms with van der Waals surface area (Å²) < 4.78 is 5.50. The number of carbonyl (C=O) groups excluding carboxylic acids is 1. The van der Waals surface area contributed by atoms with Crippen molar-refractivity contribution in [1.29, 1.82) is 0 Å². The van der Waals surface area contributed by atoms with Crippen LogP contribution in [0, 0.1) is 0 Å². The molecule has 5 heteroatoms. The van der Waals surface area contributed by atoms with Crippen molar-refractivity contribution in [2.45, 2.75) is 31.0 Å². The van der Waals surface area contributed by atoms with E-state index in [2.05, 4.69) is 5.32 Å². The van der Waals surface area contributed by atoms with Crippen LogP contribution in [-0.2, 0) is 9.53 Å². The van der Waals surface area contributed by atoms with Gasteiger partial charge in [0.1, 0.15) is 0 Å². The molecule has 82 valence electrons. The highest BCUT2D eigenvalue weighted by atomic mass is 35.5. The zero-order valence-corrected chi connectivity index (χ0v) is 9.34. The van der Waals surface area contributed by atoms with Crippen LogP contribution < -0.4 is 5.32 Å². The summed E-state index contributed by atoms with van der Waals surface area (Å²) in [6, 6.07) is 0.388. The number of nitrogens with one attached hydrogen (secondary N) is 1. The Kier molecular flexibility index (Phi) is 3.75. The number of ether oxygens (including phenoxy) is 1. The van der Waals surface area contributed by atoms with Gasteiger partial charge in [-0.1, -0.05) is 0 Å². The molecule has 0 spiro atoms. The lowest BCUT2D eigenvalue weighted by Gasteiger charge is -2.17. The van der Waals surface area contributed by atoms with Crippen LogP contribution in [0.3, 0.4) is 0 Å². The van der Waals surface area contributed by atoms with Crippen molar-refractivity contribution in [3.63, 3.8) is 0 Å². The van der Waals surface area contributed by atoms with Gasteiger partial charge >= 0.3 is 0 Å². The predicted octanol–water partition coefficient (Wildman–Crippen LogP) is 0.0158. The molecule has 0 aromatic heterocycles. The van der Waals surface area contributed by atoms with Crippen LogP contribution >= 0.6 is 12.4 Å². The predicted molar refractivity (Wildman–Crippen MR) is 55.6 cm³/mol. The number of nitrogens with zero attached hydrogens (tertiary/aromatic N) is 1. The Labute approximate surface area is 90.4 Å². The molecule has 0 bridgehead atoms. The Morgan fingerprint density at radius 1 is 1.50 bits per heavy atom. The highest BCUT2D eigenvalue weighted by molar-refractivity contribution is 5.85. The molecular weight excluding hydrogens is 204 g/mol. The van der Waals surface area contributed by atoms with Gasteiger partial charge in [0.25, 0.3) is 0 Å². The fourth-order valence-electron chi connectivity index (χ4n) is 2.11. The molecule has 1 amide bonds. The smallest absolute Gasteiger partial charge is 0.239 e. The van der Waals surface area contributed by atoms with Crippen LogP contribution in [-0.4, -0.2) is 49.7 Å². The zero-order valence-electron chi connectivity index (χ0n) is 8.53. The molecule has 0 aromatic rings. The van der Waals surface area contributed by atoms with Crippen molar-refractivity contribution in [3.05, 3.63) is 0 Å². The summed E-state index contributed by atoms with van der Waals surface area (Å²) >= 11 is 0. The number of carbonyl (C=O) groups is 1. The van der Waals surface area contributed by atoms with E-state index in [4.69, 9.17) is 4.74 Å². The van der Waals surface area contributed by atoms with Gasteiger partial charge in [-0.05, 0) is 12.8 Å². The highest BCUT2D eigenvalue weighted by Gasteiger charge is 2.41. The average Bonchev–Trinajstić information content (AvgIpc) is 2.59. The van der Waals surface area contributed by atoms with Gasteiger partial charge < -0.3 is 15.0 Å². The van der Waals surface area contributed by atoms with Crippen molar-refractivity contribution in [2.24, 2.45) is 0 Å². The van der Waals surface area contributed by atoms with Crippen molar-refractivity contribution in [2.75, 3.05) is 20.7 Å². The maximum atomic E-state index is 11.6. The van der Waals surface area contributed by atoms with E-state index in [1.807, 2.05) is 0 Å². The molecule has 0 aliphatic carbocycles. The summed E-state index contributed by atoms with van der Waals surface area (Å²) in [7, 11) is 3.58. The molecule has 4 nitrogen and oxygen atoms in total. The maximum Gasteiger partial charge on any atom is 0.239 e. The first-order valence-electron chi connectivity index (χ1n) is 4.77. The molecule has 2 heterocycles. The van der Waals surface area contributed by atoms with Gasteiger partial charge in [0, 0.05) is 26.7 Å². The molecule has 0 radical (unpaired) electrons. The van der Waals surface area contributed by atoms with Gasteiger partial charge in [0.15, 0.2) is 0 Å². The monoisotopic (exact) mass is 220 g/mol. The molecule has 3 atom stereocenters. The van der Waals surface area contributed by atoms with E-state index in [-0.39, 0.29) is 30.5 Å². The first kappa shape index (κ1) is 11.8. The lowest BCUT2D eigenvalue weighted by atomic mass is 10.1. The molecule has 2 fully saturated rings. The molecule has 2 rings (SSSR count). The number of hydrogen-bond donors (Lipinski definition) is 1. The third kappa shape index (κ3) is 2.02. The fourth-order valence-corrected chi connectivity index (χ4v) is 2.11. The lowest BCUT2D eigenvalue weighted by molar-refractivity contribution is -0.130. The number of rotatable bonds is 1. The summed E-state index contributed by atoms with van der Waals surface area (Å²) in [6.45, 7) is 0.839. The summed E-state index contributed by atoms with van der Waals surface area (Å²) in [4.78, 5) is 13.2. The number of likely N-dealkylation sites (N-methyl/N-ethyl adjacent to an activating group) is 1. The number of fused-ring (bicyclic) bond motifs is 1. The molecule has 2 saturated heterocycles. The molecule has 1 N–H and O–H groups in total. The van der Waals surface area contributed by atoms with E-state index in [1.165, 1.54) is 0 Å². The Hall–Kier alpha value is -0.320. The second-order valence-corrected chi connectivity index (χ2v) is 3.99. The minimum absolute atomic E-state index is 0. The minimum Gasteiger partial charge on any atom is -0.376 e. The first-order valence-corrected chi connectivity index (χ1v) is 4.77. The van der Waals surface area contributed by atoms with Gasteiger partial charge in [-0.3, -0.25) is 4.79 Å². The number of amides is 1. The van der Waals surface area contributed by atoms with Crippen LogP contribution in [0.25, 0.3) is 0 Å². The molecule has 3 unspecified atom stereocenters. The van der Waals surface area contributed by atoms with E-state index in [0.717, 1.165) is 19.4 Å². The minimum atomic E-state index is -0.0229. The van der Waals surface area contributed by atoms with Crippen molar-refractivity contribution in [1.82, 2.24) is 10.2 Å². The number of halogens is 1. The van der Waals surface area contributed by atoms with E-state index in [0.29, 0.717) is 6.04 Å². The van der Waals surface area contributed by atoms with Crippen LogP contribution in [0.2, 0.25) is 0 Å². The van der Waals surface area contributed by atoms with Gasteiger partial charge in [-0.15, -0.1) is 12.4 Å². The van der Waals surface area contributed by atoms with E-state index in [9.17, 15) is 4.79 Å². The van der Waals surface area contributed by atoms with E-state index >= 15 is 0 Å². The van der Waals surface area contributed by atoms with Crippen LogP contribution in [0.15, 0.2) is 0 Å². The normalized spacial score (nSPS) is 34.9. The summed E-state index contributed by atoms with van der Waals surface area (Å²) in [5, 5.41) is 3.32. The van der Waals surface area contributed by atoms with Gasteiger partial charge in [-0.2, -0.15) is 0 Å². The second kappa shape index (κ2) is 4.47. The van der Waals surface area contributed by atoms with Crippen molar-refractivity contribution in [3.8, 4) is 0 Å². The zero-order chi connectivity index (χ0) is 9.42. The Morgan fingerprint density at radius 2 is 2.21 bits per heavy atom. The number of hydrogen-bond acceptors (Lipinski definition) is 3. The van der Waals surface area contributed by atoms with Crippen LogP contribution in [0.5, 0.6) is 0 Å². The molecule has 14 heavy (non-hydrogen) atoms.